The van der Waals surface area contributed by atoms with Crippen molar-refractivity contribution in [3.05, 3.63) is 70.1 Å². The second kappa shape index (κ2) is 10.8. The minimum atomic E-state index is -0.651. The number of halogens is 1. The molecule has 1 N–H and O–H groups in total. The molecule has 0 aliphatic heterocycles. The number of esters is 2. The van der Waals surface area contributed by atoms with E-state index < -0.39 is 24.5 Å². The van der Waals surface area contributed by atoms with E-state index in [0.29, 0.717) is 21.3 Å². The van der Waals surface area contributed by atoms with Crippen molar-refractivity contribution < 1.29 is 28.6 Å². The first kappa shape index (κ1) is 23.3. The van der Waals surface area contributed by atoms with E-state index in [2.05, 4.69) is 5.32 Å². The topological polar surface area (TPSA) is 90.9 Å². The van der Waals surface area contributed by atoms with Gasteiger partial charge in [-0.2, -0.15) is 0 Å². The SMILES string of the molecule is CCOC(=O)c1c(-c2ccc(Cl)cc2)csc1NC(=O)COC(=O)c1ccc(OC)cc1. The van der Waals surface area contributed by atoms with Crippen LogP contribution < -0.4 is 10.1 Å². The van der Waals surface area contributed by atoms with Crippen molar-refractivity contribution in [3.8, 4) is 16.9 Å². The predicted octanol–water partition coefficient (Wildman–Crippen LogP) is 5.05. The third kappa shape index (κ3) is 5.66. The van der Waals surface area contributed by atoms with E-state index in [4.69, 9.17) is 25.8 Å². The lowest BCUT2D eigenvalue weighted by Gasteiger charge is -2.09. The number of ether oxygens (including phenoxy) is 3. The van der Waals surface area contributed by atoms with E-state index in [9.17, 15) is 14.4 Å². The lowest BCUT2D eigenvalue weighted by molar-refractivity contribution is -0.119. The zero-order valence-electron chi connectivity index (χ0n) is 17.3. The Labute approximate surface area is 193 Å². The van der Waals surface area contributed by atoms with E-state index in [1.807, 2.05) is 0 Å². The van der Waals surface area contributed by atoms with E-state index in [1.54, 1.807) is 48.7 Å². The van der Waals surface area contributed by atoms with Crippen LogP contribution >= 0.6 is 22.9 Å². The summed E-state index contributed by atoms with van der Waals surface area (Å²) in [7, 11) is 1.52. The van der Waals surface area contributed by atoms with Gasteiger partial charge in [-0.25, -0.2) is 9.59 Å². The molecule has 0 saturated heterocycles. The Kier molecular flexibility index (Phi) is 7.86. The van der Waals surface area contributed by atoms with Crippen molar-refractivity contribution in [1.29, 1.82) is 0 Å². The first-order valence-electron chi connectivity index (χ1n) is 9.58. The summed E-state index contributed by atoms with van der Waals surface area (Å²) >= 11 is 7.12. The minimum Gasteiger partial charge on any atom is -0.497 e. The van der Waals surface area contributed by atoms with Crippen molar-refractivity contribution in [3.63, 3.8) is 0 Å². The standard InChI is InChI=1S/C23H20ClNO6S/c1-3-30-23(28)20-18(14-4-8-16(24)9-5-14)13-32-21(20)25-19(26)12-31-22(27)15-6-10-17(29-2)11-7-15/h4-11,13H,3,12H2,1-2H3,(H,25,26). The Morgan fingerprint density at radius 3 is 2.28 bits per heavy atom. The average Bonchev–Trinajstić information content (AvgIpc) is 3.21. The third-order valence-corrected chi connectivity index (χ3v) is 5.49. The monoisotopic (exact) mass is 473 g/mol. The Balaban J connectivity index is 1.72. The summed E-state index contributed by atoms with van der Waals surface area (Å²) in [4.78, 5) is 37.1. The zero-order valence-corrected chi connectivity index (χ0v) is 18.9. The molecule has 166 valence electrons. The van der Waals surface area contributed by atoms with E-state index in [1.165, 1.54) is 30.6 Å². The summed E-state index contributed by atoms with van der Waals surface area (Å²) in [6.45, 7) is 1.37. The Bertz CT molecular complexity index is 1110. The van der Waals surface area contributed by atoms with Gasteiger partial charge in [0.05, 0.1) is 19.3 Å². The Morgan fingerprint density at radius 2 is 1.66 bits per heavy atom. The van der Waals surface area contributed by atoms with Gasteiger partial charge in [-0.1, -0.05) is 23.7 Å². The molecule has 3 aromatic rings. The average molecular weight is 474 g/mol. The molecule has 2 aromatic carbocycles. The van der Waals surface area contributed by atoms with Crippen LogP contribution in [0.3, 0.4) is 0 Å². The van der Waals surface area contributed by atoms with Gasteiger partial charge in [-0.05, 0) is 48.9 Å². The highest BCUT2D eigenvalue weighted by Gasteiger charge is 2.23. The van der Waals surface area contributed by atoms with Crippen LogP contribution in [0.4, 0.5) is 5.00 Å². The molecule has 3 rings (SSSR count). The van der Waals surface area contributed by atoms with Gasteiger partial charge in [0.2, 0.25) is 0 Å². The number of hydrogen-bond acceptors (Lipinski definition) is 7. The fourth-order valence-electron chi connectivity index (χ4n) is 2.80. The summed E-state index contributed by atoms with van der Waals surface area (Å²) in [5, 5.41) is 5.24. The van der Waals surface area contributed by atoms with Crippen molar-refractivity contribution in [1.82, 2.24) is 0 Å². The van der Waals surface area contributed by atoms with Crippen LogP contribution in [0.25, 0.3) is 11.1 Å². The van der Waals surface area contributed by atoms with Gasteiger partial charge >= 0.3 is 11.9 Å². The zero-order chi connectivity index (χ0) is 23.1. The predicted molar refractivity (Wildman–Crippen MR) is 123 cm³/mol. The van der Waals surface area contributed by atoms with Crippen molar-refractivity contribution in [2.24, 2.45) is 0 Å². The molecule has 7 nitrogen and oxygen atoms in total. The molecular formula is C23H20ClNO6S. The highest BCUT2D eigenvalue weighted by Crippen LogP contribution is 2.36. The second-order valence-corrected chi connectivity index (χ2v) is 7.75. The van der Waals surface area contributed by atoms with Gasteiger partial charge in [0, 0.05) is 16.0 Å². The number of benzene rings is 2. The van der Waals surface area contributed by atoms with Crippen molar-refractivity contribution in [2.75, 3.05) is 25.6 Å². The number of thiophene rings is 1. The van der Waals surface area contributed by atoms with Gasteiger partial charge < -0.3 is 19.5 Å². The Hall–Kier alpha value is -3.36. The molecule has 0 spiro atoms. The van der Waals surface area contributed by atoms with Crippen molar-refractivity contribution in [2.45, 2.75) is 6.92 Å². The summed E-state index contributed by atoms with van der Waals surface area (Å²) in [5.74, 6) is -1.20. The minimum absolute atomic E-state index is 0.182. The number of carbonyl (C=O) groups is 3. The fraction of sp³-hybridized carbons (Fsp3) is 0.174. The number of nitrogens with one attached hydrogen (secondary N) is 1. The van der Waals surface area contributed by atoms with Crippen LogP contribution in [0, 0.1) is 0 Å². The van der Waals surface area contributed by atoms with Crippen LogP contribution in [0.15, 0.2) is 53.9 Å². The molecule has 0 aliphatic rings. The molecule has 0 unspecified atom stereocenters. The number of carbonyl (C=O) groups excluding carboxylic acids is 3. The molecule has 0 atom stereocenters. The molecule has 0 fully saturated rings. The molecule has 0 bridgehead atoms. The largest absolute Gasteiger partial charge is 0.497 e. The van der Waals surface area contributed by atoms with Gasteiger partial charge in [-0.15, -0.1) is 11.3 Å². The maximum atomic E-state index is 12.6. The first-order chi connectivity index (χ1) is 15.4. The second-order valence-electron chi connectivity index (χ2n) is 6.43. The number of hydrogen-bond donors (Lipinski definition) is 1. The molecule has 1 heterocycles. The maximum Gasteiger partial charge on any atom is 0.341 e. The molecule has 1 aromatic heterocycles. The van der Waals surface area contributed by atoms with Crippen molar-refractivity contribution >= 4 is 45.8 Å². The van der Waals surface area contributed by atoms with Crippen LogP contribution in [0.2, 0.25) is 5.02 Å². The molecule has 1 amide bonds. The molecule has 0 radical (unpaired) electrons. The summed E-state index contributed by atoms with van der Waals surface area (Å²) in [5.41, 5.74) is 1.87. The normalized spacial score (nSPS) is 10.3. The smallest absolute Gasteiger partial charge is 0.341 e. The summed E-state index contributed by atoms with van der Waals surface area (Å²) in [6.07, 6.45) is 0. The first-order valence-corrected chi connectivity index (χ1v) is 10.8. The lowest BCUT2D eigenvalue weighted by atomic mass is 10.0. The molecule has 9 heteroatoms. The quantitative estimate of drug-likeness (QED) is 0.460. The highest BCUT2D eigenvalue weighted by atomic mass is 35.5. The number of methoxy groups -OCH3 is 1. The van der Waals surface area contributed by atoms with Gasteiger partial charge in [-0.3, -0.25) is 4.79 Å². The van der Waals surface area contributed by atoms with Crippen LogP contribution in [-0.2, 0) is 14.3 Å². The fourth-order valence-corrected chi connectivity index (χ4v) is 3.90. The molecule has 0 aliphatic carbocycles. The number of anilines is 1. The molecule has 32 heavy (non-hydrogen) atoms. The Morgan fingerprint density at radius 1 is 0.969 bits per heavy atom. The summed E-state index contributed by atoms with van der Waals surface area (Å²) < 4.78 is 15.3. The molecule has 0 saturated carbocycles. The lowest BCUT2D eigenvalue weighted by Crippen LogP contribution is -2.21. The van der Waals surface area contributed by atoms with Gasteiger partial charge in [0.1, 0.15) is 16.3 Å². The highest BCUT2D eigenvalue weighted by molar-refractivity contribution is 7.15. The van der Waals surface area contributed by atoms with Crippen LogP contribution in [-0.4, -0.2) is 38.2 Å². The van der Waals surface area contributed by atoms with E-state index in [0.717, 1.165) is 5.56 Å². The maximum absolute atomic E-state index is 12.6. The third-order valence-electron chi connectivity index (χ3n) is 4.34. The van der Waals surface area contributed by atoms with E-state index >= 15 is 0 Å². The van der Waals surface area contributed by atoms with Crippen LogP contribution in [0.1, 0.15) is 27.6 Å². The molecular weight excluding hydrogens is 454 g/mol. The number of amides is 1. The van der Waals surface area contributed by atoms with E-state index in [-0.39, 0.29) is 17.7 Å². The summed E-state index contributed by atoms with van der Waals surface area (Å²) in [6, 6.07) is 13.3. The van der Waals surface area contributed by atoms with Gasteiger partial charge in [0.15, 0.2) is 6.61 Å². The number of rotatable bonds is 8. The van der Waals surface area contributed by atoms with Crippen LogP contribution in [0.5, 0.6) is 5.75 Å². The van der Waals surface area contributed by atoms with Gasteiger partial charge in [0.25, 0.3) is 5.91 Å².